The molecule has 1 aromatic heterocycles. The topological polar surface area (TPSA) is 48.1 Å². The van der Waals surface area contributed by atoms with E-state index >= 15 is 0 Å². The van der Waals surface area contributed by atoms with Gasteiger partial charge in [-0.15, -0.1) is 13.2 Å². The Balaban J connectivity index is 2.29. The molecule has 17 heavy (non-hydrogen) atoms. The molecule has 0 fully saturated rings. The van der Waals surface area contributed by atoms with Gasteiger partial charge in [-0.25, -0.2) is 4.98 Å². The number of thiazole rings is 1. The summed E-state index contributed by atoms with van der Waals surface area (Å²) in [4.78, 5) is 4.52. The Hall–Kier alpha value is -1.76. The number of nitrogens with two attached hydrogens (primary N) is 1. The summed E-state index contributed by atoms with van der Waals surface area (Å²) in [6.07, 6.45) is -3.18. The van der Waals surface area contributed by atoms with E-state index in [1.807, 2.05) is 0 Å². The molecule has 7 heteroatoms. The lowest BCUT2D eigenvalue weighted by molar-refractivity contribution is -0.274. The van der Waals surface area contributed by atoms with Crippen LogP contribution in [0.3, 0.4) is 0 Å². The first-order chi connectivity index (χ1) is 7.94. The minimum absolute atomic E-state index is 0.262. The second-order valence-electron chi connectivity index (χ2n) is 3.14. The normalized spacial score (nSPS) is 11.5. The SMILES string of the molecule is Nc1ncc(-c2cccc(OC(F)(F)F)c2)s1. The molecule has 90 valence electrons. The van der Waals surface area contributed by atoms with Crippen LogP contribution in [0, 0.1) is 0 Å². The average Bonchev–Trinajstić information content (AvgIpc) is 2.63. The molecular weight excluding hydrogens is 253 g/mol. The third-order valence-electron chi connectivity index (χ3n) is 1.88. The van der Waals surface area contributed by atoms with E-state index in [4.69, 9.17) is 5.73 Å². The Bertz CT molecular complexity index is 524. The van der Waals surface area contributed by atoms with Gasteiger partial charge in [0, 0.05) is 6.20 Å². The molecule has 0 atom stereocenters. The first-order valence-corrected chi connectivity index (χ1v) is 5.33. The number of hydrogen-bond acceptors (Lipinski definition) is 4. The lowest BCUT2D eigenvalue weighted by Crippen LogP contribution is -2.17. The number of anilines is 1. The van der Waals surface area contributed by atoms with Crippen molar-refractivity contribution in [2.24, 2.45) is 0 Å². The molecule has 0 unspecified atom stereocenters. The molecule has 0 radical (unpaired) electrons. The maximum absolute atomic E-state index is 12.0. The summed E-state index contributed by atoms with van der Waals surface area (Å²) in [6.45, 7) is 0. The zero-order valence-corrected chi connectivity index (χ0v) is 9.18. The Morgan fingerprint density at radius 1 is 1.29 bits per heavy atom. The quantitative estimate of drug-likeness (QED) is 0.901. The maximum atomic E-state index is 12.0. The molecular formula is C10H7F3N2OS. The van der Waals surface area contributed by atoms with Gasteiger partial charge in [0.1, 0.15) is 5.75 Å². The van der Waals surface area contributed by atoms with E-state index in [1.165, 1.54) is 35.7 Å². The number of hydrogen-bond donors (Lipinski definition) is 1. The van der Waals surface area contributed by atoms with Gasteiger partial charge in [-0.3, -0.25) is 0 Å². The molecule has 1 aromatic carbocycles. The number of nitrogens with zero attached hydrogens (tertiary/aromatic N) is 1. The minimum atomic E-state index is -4.69. The molecule has 3 nitrogen and oxygen atoms in total. The van der Waals surface area contributed by atoms with Crippen molar-refractivity contribution in [3.8, 4) is 16.2 Å². The summed E-state index contributed by atoms with van der Waals surface area (Å²) < 4.78 is 39.9. The number of halogens is 3. The van der Waals surface area contributed by atoms with E-state index in [2.05, 4.69) is 9.72 Å². The van der Waals surface area contributed by atoms with Gasteiger partial charge in [0.15, 0.2) is 5.13 Å². The number of rotatable bonds is 2. The molecule has 0 aliphatic rings. The third-order valence-corrected chi connectivity index (χ3v) is 2.75. The van der Waals surface area contributed by atoms with Crippen molar-refractivity contribution in [3.63, 3.8) is 0 Å². The third kappa shape index (κ3) is 3.10. The lowest BCUT2D eigenvalue weighted by Gasteiger charge is -2.09. The van der Waals surface area contributed by atoms with Crippen LogP contribution in [-0.2, 0) is 0 Å². The minimum Gasteiger partial charge on any atom is -0.406 e. The Morgan fingerprint density at radius 2 is 2.06 bits per heavy atom. The van der Waals surface area contributed by atoms with Crippen LogP contribution in [0.25, 0.3) is 10.4 Å². The first-order valence-electron chi connectivity index (χ1n) is 4.51. The summed E-state index contributed by atoms with van der Waals surface area (Å²) in [5.74, 6) is -0.262. The van der Waals surface area contributed by atoms with E-state index in [1.54, 1.807) is 6.07 Å². The predicted molar refractivity (Wildman–Crippen MR) is 58.6 cm³/mol. The molecule has 1 heterocycles. The van der Waals surface area contributed by atoms with Crippen LogP contribution in [-0.4, -0.2) is 11.3 Å². The highest BCUT2D eigenvalue weighted by Crippen LogP contribution is 2.31. The molecule has 0 saturated carbocycles. The Morgan fingerprint density at radius 3 is 2.65 bits per heavy atom. The van der Waals surface area contributed by atoms with E-state index < -0.39 is 6.36 Å². The Labute approximate surface area is 98.7 Å². The molecule has 0 saturated heterocycles. The molecule has 0 amide bonds. The van der Waals surface area contributed by atoms with Crippen molar-refractivity contribution in [1.29, 1.82) is 0 Å². The highest BCUT2D eigenvalue weighted by atomic mass is 32.1. The summed E-state index contributed by atoms with van der Waals surface area (Å²) in [7, 11) is 0. The van der Waals surface area contributed by atoms with Crippen molar-refractivity contribution >= 4 is 16.5 Å². The van der Waals surface area contributed by atoms with Gasteiger partial charge in [0.2, 0.25) is 0 Å². The van der Waals surface area contributed by atoms with Crippen molar-refractivity contribution in [2.45, 2.75) is 6.36 Å². The van der Waals surface area contributed by atoms with E-state index in [-0.39, 0.29) is 5.75 Å². The highest BCUT2D eigenvalue weighted by Gasteiger charge is 2.31. The second-order valence-corrected chi connectivity index (χ2v) is 4.20. The summed E-state index contributed by atoms with van der Waals surface area (Å²) in [5, 5.41) is 0.363. The molecule has 0 aliphatic carbocycles. The summed E-state index contributed by atoms with van der Waals surface area (Å²) in [6, 6.07) is 5.67. The second kappa shape index (κ2) is 4.25. The van der Waals surface area contributed by atoms with Crippen LogP contribution >= 0.6 is 11.3 Å². The summed E-state index contributed by atoms with van der Waals surface area (Å²) >= 11 is 1.20. The summed E-state index contributed by atoms with van der Waals surface area (Å²) in [5.41, 5.74) is 6.04. The fraction of sp³-hybridized carbons (Fsp3) is 0.100. The molecule has 2 aromatic rings. The van der Waals surface area contributed by atoms with Gasteiger partial charge in [-0.2, -0.15) is 0 Å². The van der Waals surface area contributed by atoms with Gasteiger partial charge in [-0.1, -0.05) is 23.5 Å². The van der Waals surface area contributed by atoms with E-state index in [0.29, 0.717) is 15.6 Å². The van der Waals surface area contributed by atoms with E-state index in [9.17, 15) is 13.2 Å². The van der Waals surface area contributed by atoms with Crippen LogP contribution in [0.1, 0.15) is 0 Å². The molecule has 2 N–H and O–H groups in total. The fourth-order valence-electron chi connectivity index (χ4n) is 1.27. The van der Waals surface area contributed by atoms with Crippen LogP contribution in [0.15, 0.2) is 30.5 Å². The molecule has 2 rings (SSSR count). The van der Waals surface area contributed by atoms with Gasteiger partial charge < -0.3 is 10.5 Å². The van der Waals surface area contributed by atoms with Crippen LogP contribution in [0.2, 0.25) is 0 Å². The van der Waals surface area contributed by atoms with Crippen molar-refractivity contribution in [1.82, 2.24) is 4.98 Å². The molecule has 0 spiro atoms. The smallest absolute Gasteiger partial charge is 0.406 e. The van der Waals surface area contributed by atoms with Crippen molar-refractivity contribution in [3.05, 3.63) is 30.5 Å². The number of alkyl halides is 3. The van der Waals surface area contributed by atoms with Gasteiger partial charge in [0.25, 0.3) is 0 Å². The fourth-order valence-corrected chi connectivity index (χ4v) is 1.95. The molecule has 0 bridgehead atoms. The van der Waals surface area contributed by atoms with Crippen LogP contribution in [0.4, 0.5) is 18.3 Å². The lowest BCUT2D eigenvalue weighted by atomic mass is 10.2. The highest BCUT2D eigenvalue weighted by molar-refractivity contribution is 7.18. The number of benzene rings is 1. The van der Waals surface area contributed by atoms with Gasteiger partial charge in [0.05, 0.1) is 4.88 Å². The van der Waals surface area contributed by atoms with Crippen LogP contribution < -0.4 is 10.5 Å². The average molecular weight is 260 g/mol. The zero-order chi connectivity index (χ0) is 12.5. The van der Waals surface area contributed by atoms with Gasteiger partial charge in [-0.05, 0) is 17.7 Å². The zero-order valence-electron chi connectivity index (χ0n) is 8.36. The number of aromatic nitrogens is 1. The van der Waals surface area contributed by atoms with Crippen molar-refractivity contribution < 1.29 is 17.9 Å². The maximum Gasteiger partial charge on any atom is 0.573 e. The molecule has 0 aliphatic heterocycles. The standard InChI is InChI=1S/C10H7F3N2OS/c11-10(12,13)16-7-3-1-2-6(4-7)8-5-15-9(14)17-8/h1-5H,(H2,14,15). The first kappa shape index (κ1) is 11.7. The predicted octanol–water partition coefficient (Wildman–Crippen LogP) is 3.29. The largest absolute Gasteiger partial charge is 0.573 e. The van der Waals surface area contributed by atoms with E-state index in [0.717, 1.165) is 0 Å². The van der Waals surface area contributed by atoms with Crippen LogP contribution in [0.5, 0.6) is 5.75 Å². The Kier molecular flexibility index (Phi) is 2.93. The van der Waals surface area contributed by atoms with Crippen molar-refractivity contribution in [2.75, 3.05) is 5.73 Å². The number of ether oxygens (including phenoxy) is 1. The van der Waals surface area contributed by atoms with Gasteiger partial charge >= 0.3 is 6.36 Å². The number of nitrogen functional groups attached to an aromatic ring is 1. The monoisotopic (exact) mass is 260 g/mol.